The third-order valence-electron chi connectivity index (χ3n) is 4.54. The SMILES string of the molecule is Cc1c2cc(O)c3ccccc3c2nn1CCc1ccccc1F. The number of phenolic OH excluding ortho intramolecular Hbond substituents is 1. The maximum atomic E-state index is 13.8. The predicted molar refractivity (Wildman–Crippen MR) is 93.7 cm³/mol. The molecule has 0 aliphatic rings. The normalized spacial score (nSPS) is 11.4. The van der Waals surface area contributed by atoms with Crippen LogP contribution in [0.4, 0.5) is 4.39 Å². The first-order chi connectivity index (χ1) is 11.6. The van der Waals surface area contributed by atoms with Crippen LogP contribution >= 0.6 is 0 Å². The van der Waals surface area contributed by atoms with E-state index in [0.717, 1.165) is 27.4 Å². The van der Waals surface area contributed by atoms with Crippen molar-refractivity contribution in [1.29, 1.82) is 0 Å². The number of benzene rings is 3. The third-order valence-corrected chi connectivity index (χ3v) is 4.54. The van der Waals surface area contributed by atoms with Crippen molar-refractivity contribution in [2.45, 2.75) is 19.9 Å². The number of nitrogens with zero attached hydrogens (tertiary/aromatic N) is 2. The van der Waals surface area contributed by atoms with Crippen molar-refractivity contribution in [2.24, 2.45) is 0 Å². The molecule has 0 unspecified atom stereocenters. The minimum Gasteiger partial charge on any atom is -0.507 e. The monoisotopic (exact) mass is 320 g/mol. The Kier molecular flexibility index (Phi) is 3.45. The van der Waals surface area contributed by atoms with Crippen LogP contribution in [0.25, 0.3) is 21.7 Å². The van der Waals surface area contributed by atoms with Crippen molar-refractivity contribution in [3.63, 3.8) is 0 Å². The number of phenols is 1. The fourth-order valence-corrected chi connectivity index (χ4v) is 3.20. The molecule has 0 aliphatic carbocycles. The minimum absolute atomic E-state index is 0.185. The topological polar surface area (TPSA) is 38.1 Å². The highest BCUT2D eigenvalue weighted by molar-refractivity contribution is 6.08. The van der Waals surface area contributed by atoms with Crippen molar-refractivity contribution >= 4 is 21.7 Å². The molecule has 0 bridgehead atoms. The number of aromatic hydroxyl groups is 1. The van der Waals surface area contributed by atoms with Gasteiger partial charge in [-0.2, -0.15) is 5.10 Å². The van der Waals surface area contributed by atoms with E-state index >= 15 is 0 Å². The molecule has 1 N–H and O–H groups in total. The summed E-state index contributed by atoms with van der Waals surface area (Å²) in [5.41, 5.74) is 2.53. The Labute approximate surface area is 139 Å². The smallest absolute Gasteiger partial charge is 0.126 e. The van der Waals surface area contributed by atoms with Crippen LogP contribution in [-0.4, -0.2) is 14.9 Å². The van der Waals surface area contributed by atoms with Gasteiger partial charge >= 0.3 is 0 Å². The molecule has 1 aromatic heterocycles. The highest BCUT2D eigenvalue weighted by Gasteiger charge is 2.13. The number of rotatable bonds is 3. The fourth-order valence-electron chi connectivity index (χ4n) is 3.20. The van der Waals surface area contributed by atoms with E-state index in [4.69, 9.17) is 5.10 Å². The Hall–Kier alpha value is -2.88. The first kappa shape index (κ1) is 14.7. The molecule has 24 heavy (non-hydrogen) atoms. The van der Waals surface area contributed by atoms with Gasteiger partial charge in [0.25, 0.3) is 0 Å². The van der Waals surface area contributed by atoms with Gasteiger partial charge < -0.3 is 5.11 Å². The second-order valence-corrected chi connectivity index (χ2v) is 5.99. The van der Waals surface area contributed by atoms with E-state index in [1.54, 1.807) is 18.2 Å². The molecule has 0 saturated carbocycles. The summed E-state index contributed by atoms with van der Waals surface area (Å²) < 4.78 is 15.7. The molecule has 0 radical (unpaired) electrons. The molecular formula is C20H17FN2O. The summed E-state index contributed by atoms with van der Waals surface area (Å²) in [4.78, 5) is 0. The Balaban J connectivity index is 1.78. The standard InChI is InChI=1S/C20H17FN2O/c1-13-17-12-19(24)15-7-3-4-8-16(15)20(17)22-23(13)11-10-14-6-2-5-9-18(14)21/h2-9,12,24H,10-11H2,1H3. The molecule has 4 aromatic rings. The Morgan fingerprint density at radius 1 is 1.00 bits per heavy atom. The highest BCUT2D eigenvalue weighted by atomic mass is 19.1. The molecule has 3 aromatic carbocycles. The van der Waals surface area contributed by atoms with E-state index in [-0.39, 0.29) is 11.6 Å². The van der Waals surface area contributed by atoms with Crippen molar-refractivity contribution in [1.82, 2.24) is 9.78 Å². The molecule has 0 aliphatic heterocycles. The number of halogens is 1. The van der Waals surface area contributed by atoms with Gasteiger partial charge in [0.1, 0.15) is 17.1 Å². The maximum Gasteiger partial charge on any atom is 0.126 e. The van der Waals surface area contributed by atoms with E-state index in [0.29, 0.717) is 18.5 Å². The number of fused-ring (bicyclic) bond motifs is 3. The molecule has 0 fully saturated rings. The Bertz CT molecular complexity index is 1050. The zero-order valence-corrected chi connectivity index (χ0v) is 13.3. The molecule has 1 heterocycles. The summed E-state index contributed by atoms with van der Waals surface area (Å²) >= 11 is 0. The zero-order chi connectivity index (χ0) is 16.7. The van der Waals surface area contributed by atoms with Gasteiger partial charge in [0.2, 0.25) is 0 Å². The fraction of sp³-hybridized carbons (Fsp3) is 0.150. The zero-order valence-electron chi connectivity index (χ0n) is 13.3. The average molecular weight is 320 g/mol. The van der Waals surface area contributed by atoms with E-state index in [2.05, 4.69) is 0 Å². The first-order valence-corrected chi connectivity index (χ1v) is 7.96. The lowest BCUT2D eigenvalue weighted by Gasteiger charge is -2.05. The average Bonchev–Trinajstić information content (AvgIpc) is 2.91. The number of hydrogen-bond donors (Lipinski definition) is 1. The largest absolute Gasteiger partial charge is 0.507 e. The number of aryl methyl sites for hydroxylation is 3. The van der Waals surface area contributed by atoms with Crippen molar-refractivity contribution in [3.05, 3.63) is 71.7 Å². The van der Waals surface area contributed by atoms with Gasteiger partial charge in [-0.05, 0) is 31.0 Å². The van der Waals surface area contributed by atoms with Crippen LogP contribution in [-0.2, 0) is 13.0 Å². The summed E-state index contributed by atoms with van der Waals surface area (Å²) in [5, 5.41) is 17.6. The number of aromatic nitrogens is 2. The molecule has 0 atom stereocenters. The lowest BCUT2D eigenvalue weighted by molar-refractivity contribution is 0.482. The Morgan fingerprint density at radius 2 is 1.71 bits per heavy atom. The molecule has 0 spiro atoms. The van der Waals surface area contributed by atoms with Crippen LogP contribution in [0.1, 0.15) is 11.3 Å². The molecule has 3 nitrogen and oxygen atoms in total. The summed E-state index contributed by atoms with van der Waals surface area (Å²) in [6, 6.07) is 16.3. The summed E-state index contributed by atoms with van der Waals surface area (Å²) in [7, 11) is 0. The minimum atomic E-state index is -0.185. The van der Waals surface area contributed by atoms with Gasteiger partial charge in [-0.3, -0.25) is 4.68 Å². The van der Waals surface area contributed by atoms with Gasteiger partial charge in [-0.25, -0.2) is 4.39 Å². The lowest BCUT2D eigenvalue weighted by atomic mass is 10.1. The van der Waals surface area contributed by atoms with Crippen LogP contribution in [0.15, 0.2) is 54.6 Å². The number of hydrogen-bond acceptors (Lipinski definition) is 2. The second kappa shape index (κ2) is 5.64. The maximum absolute atomic E-state index is 13.8. The van der Waals surface area contributed by atoms with Crippen LogP contribution in [0.3, 0.4) is 0 Å². The molecule has 4 heteroatoms. The first-order valence-electron chi connectivity index (χ1n) is 7.96. The van der Waals surface area contributed by atoms with Crippen molar-refractivity contribution < 1.29 is 9.50 Å². The van der Waals surface area contributed by atoms with E-state index in [1.807, 2.05) is 41.9 Å². The summed E-state index contributed by atoms with van der Waals surface area (Å²) in [6.45, 7) is 2.57. The molecule has 120 valence electrons. The van der Waals surface area contributed by atoms with Gasteiger partial charge in [-0.15, -0.1) is 0 Å². The lowest BCUT2D eigenvalue weighted by Crippen LogP contribution is -2.06. The Morgan fingerprint density at radius 3 is 2.50 bits per heavy atom. The van der Waals surface area contributed by atoms with Crippen molar-refractivity contribution in [2.75, 3.05) is 0 Å². The van der Waals surface area contributed by atoms with E-state index < -0.39 is 0 Å². The van der Waals surface area contributed by atoms with E-state index in [9.17, 15) is 9.50 Å². The molecule has 0 amide bonds. The van der Waals surface area contributed by atoms with Crippen molar-refractivity contribution in [3.8, 4) is 5.75 Å². The van der Waals surface area contributed by atoms with Gasteiger partial charge in [0.05, 0.1) is 0 Å². The molecule has 0 saturated heterocycles. The van der Waals surface area contributed by atoms with Crippen LogP contribution in [0.5, 0.6) is 5.75 Å². The van der Waals surface area contributed by atoms with Crippen LogP contribution in [0, 0.1) is 12.7 Å². The predicted octanol–water partition coefficient (Wildman–Crippen LogP) is 4.59. The summed E-state index contributed by atoms with van der Waals surface area (Å²) in [6.07, 6.45) is 0.575. The third kappa shape index (κ3) is 2.31. The van der Waals surface area contributed by atoms with Gasteiger partial charge in [0.15, 0.2) is 0 Å². The highest BCUT2D eigenvalue weighted by Crippen LogP contribution is 2.33. The quantitative estimate of drug-likeness (QED) is 0.600. The van der Waals surface area contributed by atoms with Gasteiger partial charge in [0, 0.05) is 28.4 Å². The van der Waals surface area contributed by atoms with Crippen LogP contribution < -0.4 is 0 Å². The van der Waals surface area contributed by atoms with E-state index in [1.165, 1.54) is 6.07 Å². The van der Waals surface area contributed by atoms with Crippen LogP contribution in [0.2, 0.25) is 0 Å². The second-order valence-electron chi connectivity index (χ2n) is 5.99. The molecule has 4 rings (SSSR count). The van der Waals surface area contributed by atoms with Gasteiger partial charge in [-0.1, -0.05) is 42.5 Å². The molecular weight excluding hydrogens is 303 g/mol. The summed E-state index contributed by atoms with van der Waals surface area (Å²) in [5.74, 6) is 0.0739.